The van der Waals surface area contributed by atoms with Gasteiger partial charge in [0.05, 0.1) is 5.56 Å². The van der Waals surface area contributed by atoms with Crippen molar-refractivity contribution in [2.24, 2.45) is 0 Å². The lowest BCUT2D eigenvalue weighted by Crippen LogP contribution is -2.19. The molecule has 4 rings (SSSR count). The Hall–Kier alpha value is -2.83. The van der Waals surface area contributed by atoms with Crippen molar-refractivity contribution in [3.05, 3.63) is 93.3 Å². The monoisotopic (exact) mass is 452 g/mol. The van der Waals surface area contributed by atoms with Crippen molar-refractivity contribution < 1.29 is 30.7 Å². The second kappa shape index (κ2) is 8.60. The number of aryl methyl sites for hydroxylation is 1. The first-order valence-corrected chi connectivity index (χ1v) is 10.3. The second-order valence-electron chi connectivity index (χ2n) is 8.03. The van der Waals surface area contributed by atoms with E-state index in [1.165, 1.54) is 12.1 Å². The van der Waals surface area contributed by atoms with Crippen molar-refractivity contribution in [3.8, 4) is 11.1 Å². The maximum absolute atomic E-state index is 15.2. The number of hydrogen-bond acceptors (Lipinski definition) is 0. The van der Waals surface area contributed by atoms with Crippen LogP contribution in [0, 0.1) is 40.7 Å². The molecule has 0 fully saturated rings. The summed E-state index contributed by atoms with van der Waals surface area (Å²) in [5.41, 5.74) is -1.17. The Morgan fingerprint density at radius 1 is 0.750 bits per heavy atom. The van der Waals surface area contributed by atoms with Crippen molar-refractivity contribution in [1.29, 1.82) is 0 Å². The van der Waals surface area contributed by atoms with Gasteiger partial charge >= 0.3 is 0 Å². The molecule has 0 radical (unpaired) electrons. The standard InChI is InChI=1S/C25H19F7/c1-2-3-12-4-7-15(23(30)21(12)28)13-5-8-16-17(10-13)24(31)25(32)20(22(16)29)14-6-9-18(26)19(27)11-14/h4,6-7,9,11,13H,2-3,5,8,10H2,1H3. The van der Waals surface area contributed by atoms with Gasteiger partial charge in [-0.3, -0.25) is 0 Å². The average Bonchev–Trinajstić information content (AvgIpc) is 2.78. The molecular weight excluding hydrogens is 433 g/mol. The summed E-state index contributed by atoms with van der Waals surface area (Å²) in [6, 6.07) is 5.20. The molecule has 168 valence electrons. The molecule has 0 spiro atoms. The third-order valence-electron chi connectivity index (χ3n) is 6.08. The molecule has 1 aliphatic carbocycles. The summed E-state index contributed by atoms with van der Waals surface area (Å²) < 4.78 is 101. The highest BCUT2D eigenvalue weighted by Gasteiger charge is 2.32. The van der Waals surface area contributed by atoms with Gasteiger partial charge in [0.15, 0.2) is 34.9 Å². The number of fused-ring (bicyclic) bond motifs is 1. The minimum atomic E-state index is -1.53. The largest absolute Gasteiger partial charge is 0.206 e. The summed E-state index contributed by atoms with van der Waals surface area (Å²) in [6.07, 6.45) is 0.939. The van der Waals surface area contributed by atoms with Crippen molar-refractivity contribution in [2.75, 3.05) is 0 Å². The van der Waals surface area contributed by atoms with E-state index in [9.17, 15) is 26.3 Å². The quantitative estimate of drug-likeness (QED) is 0.283. The molecule has 32 heavy (non-hydrogen) atoms. The predicted molar refractivity (Wildman–Crippen MR) is 107 cm³/mol. The first-order chi connectivity index (χ1) is 15.2. The zero-order valence-electron chi connectivity index (χ0n) is 17.1. The van der Waals surface area contributed by atoms with Crippen LogP contribution in [0.1, 0.15) is 47.9 Å². The van der Waals surface area contributed by atoms with Crippen LogP contribution in [0.4, 0.5) is 30.7 Å². The van der Waals surface area contributed by atoms with Gasteiger partial charge in [0.2, 0.25) is 0 Å². The molecule has 0 bridgehead atoms. The van der Waals surface area contributed by atoms with E-state index in [0.717, 1.165) is 6.07 Å². The minimum Gasteiger partial charge on any atom is -0.206 e. The summed E-state index contributed by atoms with van der Waals surface area (Å²) in [7, 11) is 0. The average molecular weight is 452 g/mol. The fraction of sp³-hybridized carbons (Fsp3) is 0.280. The SMILES string of the molecule is CCCc1ccc(C2CCc3c(F)c(-c4ccc(F)c(F)c4)c(F)c(F)c3C2)c(F)c1F. The van der Waals surface area contributed by atoms with Crippen molar-refractivity contribution >= 4 is 0 Å². The number of halogens is 7. The minimum absolute atomic E-state index is 0.0397. The topological polar surface area (TPSA) is 0 Å². The van der Waals surface area contributed by atoms with Gasteiger partial charge in [0, 0.05) is 0 Å². The summed E-state index contributed by atoms with van der Waals surface area (Å²) in [5, 5.41) is 0. The molecule has 0 heterocycles. The van der Waals surface area contributed by atoms with Gasteiger partial charge in [0.25, 0.3) is 0 Å². The third-order valence-corrected chi connectivity index (χ3v) is 6.08. The number of rotatable bonds is 4. The van der Waals surface area contributed by atoms with E-state index in [2.05, 4.69) is 0 Å². The first-order valence-electron chi connectivity index (χ1n) is 10.3. The Labute approximate surface area is 180 Å². The highest BCUT2D eigenvalue weighted by atomic mass is 19.2. The lowest BCUT2D eigenvalue weighted by molar-refractivity contribution is 0.441. The third kappa shape index (κ3) is 3.67. The number of hydrogen-bond donors (Lipinski definition) is 0. The van der Waals surface area contributed by atoms with Gasteiger partial charge < -0.3 is 0 Å². The highest BCUT2D eigenvalue weighted by molar-refractivity contribution is 5.67. The van der Waals surface area contributed by atoms with Crippen molar-refractivity contribution in [3.63, 3.8) is 0 Å². The lowest BCUT2D eigenvalue weighted by Gasteiger charge is -2.27. The molecule has 1 atom stereocenters. The fourth-order valence-electron chi connectivity index (χ4n) is 4.45. The van der Waals surface area contributed by atoms with Gasteiger partial charge in [-0.25, -0.2) is 30.7 Å². The highest BCUT2D eigenvalue weighted by Crippen LogP contribution is 2.41. The van der Waals surface area contributed by atoms with E-state index in [-0.39, 0.29) is 47.1 Å². The second-order valence-corrected chi connectivity index (χ2v) is 8.03. The van der Waals surface area contributed by atoms with Gasteiger partial charge in [-0.1, -0.05) is 31.5 Å². The van der Waals surface area contributed by atoms with Crippen LogP contribution in [-0.4, -0.2) is 0 Å². The van der Waals surface area contributed by atoms with Crippen LogP contribution in [0.25, 0.3) is 11.1 Å². The summed E-state index contributed by atoms with van der Waals surface area (Å²) in [5.74, 6) is -9.07. The molecular formula is C25H19F7. The van der Waals surface area contributed by atoms with E-state index in [0.29, 0.717) is 25.0 Å². The zero-order valence-corrected chi connectivity index (χ0v) is 17.1. The summed E-state index contributed by atoms with van der Waals surface area (Å²) in [6.45, 7) is 1.84. The van der Waals surface area contributed by atoms with E-state index in [1.807, 2.05) is 6.92 Å². The van der Waals surface area contributed by atoms with E-state index < -0.39 is 52.2 Å². The first kappa shape index (κ1) is 22.4. The van der Waals surface area contributed by atoms with Gasteiger partial charge in [-0.2, -0.15) is 0 Å². The van der Waals surface area contributed by atoms with Gasteiger partial charge in [0.1, 0.15) is 5.82 Å². The molecule has 0 N–H and O–H groups in total. The van der Waals surface area contributed by atoms with E-state index in [1.54, 1.807) is 0 Å². The molecule has 3 aromatic rings. The van der Waals surface area contributed by atoms with Crippen LogP contribution in [-0.2, 0) is 19.3 Å². The Bertz CT molecular complexity index is 1200. The lowest BCUT2D eigenvalue weighted by atomic mass is 9.78. The molecule has 7 heteroatoms. The van der Waals surface area contributed by atoms with Crippen LogP contribution in [0.3, 0.4) is 0 Å². The van der Waals surface area contributed by atoms with E-state index >= 15 is 4.39 Å². The maximum atomic E-state index is 15.2. The smallest absolute Gasteiger partial charge is 0.169 e. The Kier molecular flexibility index (Phi) is 6.01. The predicted octanol–water partition coefficient (Wildman–Crippen LogP) is 7.55. The Morgan fingerprint density at radius 2 is 1.50 bits per heavy atom. The molecule has 3 aromatic carbocycles. The van der Waals surface area contributed by atoms with Crippen LogP contribution in [0.5, 0.6) is 0 Å². The summed E-state index contributed by atoms with van der Waals surface area (Å²) in [4.78, 5) is 0. The molecule has 0 amide bonds. The number of benzene rings is 3. The molecule has 0 saturated carbocycles. The van der Waals surface area contributed by atoms with Crippen molar-refractivity contribution in [2.45, 2.75) is 44.9 Å². The Balaban J connectivity index is 1.75. The Morgan fingerprint density at radius 3 is 2.19 bits per heavy atom. The van der Waals surface area contributed by atoms with Crippen molar-refractivity contribution in [1.82, 2.24) is 0 Å². The summed E-state index contributed by atoms with van der Waals surface area (Å²) >= 11 is 0. The van der Waals surface area contributed by atoms with Crippen LogP contribution in [0.15, 0.2) is 30.3 Å². The van der Waals surface area contributed by atoms with Crippen LogP contribution in [0.2, 0.25) is 0 Å². The molecule has 0 saturated heterocycles. The van der Waals surface area contributed by atoms with Gasteiger partial charge in [-0.15, -0.1) is 0 Å². The van der Waals surface area contributed by atoms with Gasteiger partial charge in [-0.05, 0) is 71.6 Å². The zero-order chi connectivity index (χ0) is 23.2. The van der Waals surface area contributed by atoms with Crippen LogP contribution >= 0.6 is 0 Å². The van der Waals surface area contributed by atoms with Crippen LogP contribution < -0.4 is 0 Å². The molecule has 0 aliphatic heterocycles. The molecule has 0 nitrogen and oxygen atoms in total. The normalized spacial score (nSPS) is 15.7. The maximum Gasteiger partial charge on any atom is 0.169 e. The molecule has 0 aromatic heterocycles. The fourth-order valence-corrected chi connectivity index (χ4v) is 4.45. The molecule has 1 unspecified atom stereocenters. The molecule has 1 aliphatic rings. The van der Waals surface area contributed by atoms with E-state index in [4.69, 9.17) is 0 Å².